The second kappa shape index (κ2) is 4.14. The minimum atomic E-state index is -0.0328. The molecular weight excluding hydrogens is 234 g/mol. The van der Waals surface area contributed by atoms with Gasteiger partial charge in [-0.1, -0.05) is 11.2 Å². The molecule has 1 aliphatic rings. The van der Waals surface area contributed by atoms with Crippen molar-refractivity contribution < 1.29 is 13.6 Å². The first-order chi connectivity index (χ1) is 8.78. The van der Waals surface area contributed by atoms with Gasteiger partial charge in [0.25, 0.3) is 5.89 Å². The Morgan fingerprint density at radius 1 is 1.50 bits per heavy atom. The minimum Gasteiger partial charge on any atom is -0.459 e. The van der Waals surface area contributed by atoms with E-state index in [4.69, 9.17) is 8.83 Å². The first-order valence-electron chi connectivity index (χ1n) is 5.58. The summed E-state index contributed by atoms with van der Waals surface area (Å²) in [5.74, 6) is 0.858. The summed E-state index contributed by atoms with van der Waals surface area (Å²) in [6.45, 7) is 4.22. The van der Waals surface area contributed by atoms with E-state index in [-0.39, 0.29) is 23.7 Å². The first kappa shape index (κ1) is 10.8. The maximum atomic E-state index is 11.8. The third kappa shape index (κ3) is 1.71. The molecule has 6 heteroatoms. The lowest BCUT2D eigenvalue weighted by molar-refractivity contribution is -0.117. The third-order valence-electron chi connectivity index (χ3n) is 2.87. The van der Waals surface area contributed by atoms with Gasteiger partial charge in [0.05, 0.1) is 6.26 Å². The Morgan fingerprint density at radius 3 is 3.06 bits per heavy atom. The van der Waals surface area contributed by atoms with Crippen LogP contribution >= 0.6 is 0 Å². The molecule has 1 fully saturated rings. The largest absolute Gasteiger partial charge is 0.459 e. The van der Waals surface area contributed by atoms with Crippen molar-refractivity contribution in [3.63, 3.8) is 0 Å². The Balaban J connectivity index is 1.86. The molecular formula is C12H11N3O3. The maximum absolute atomic E-state index is 11.8. The SMILES string of the molecule is C=CC1CC(=O)N(c2nnc(-c3ccco3)o2)C1. The van der Waals surface area contributed by atoms with Crippen LogP contribution in [0.3, 0.4) is 0 Å². The number of anilines is 1. The topological polar surface area (TPSA) is 72.4 Å². The molecule has 0 aromatic carbocycles. The summed E-state index contributed by atoms with van der Waals surface area (Å²) in [5, 5.41) is 7.73. The van der Waals surface area contributed by atoms with Crippen molar-refractivity contribution in [3.05, 3.63) is 31.1 Å². The summed E-state index contributed by atoms with van der Waals surface area (Å²) in [5.41, 5.74) is 0. The highest BCUT2D eigenvalue weighted by Gasteiger charge is 2.32. The summed E-state index contributed by atoms with van der Waals surface area (Å²) < 4.78 is 10.6. The molecule has 2 aromatic heterocycles. The molecule has 0 bridgehead atoms. The Morgan fingerprint density at radius 2 is 2.39 bits per heavy atom. The van der Waals surface area contributed by atoms with Gasteiger partial charge >= 0.3 is 6.01 Å². The Labute approximate surface area is 103 Å². The zero-order chi connectivity index (χ0) is 12.5. The van der Waals surface area contributed by atoms with Crippen LogP contribution in [0.15, 0.2) is 39.9 Å². The van der Waals surface area contributed by atoms with E-state index in [2.05, 4.69) is 16.8 Å². The van der Waals surface area contributed by atoms with Gasteiger partial charge in [-0.3, -0.25) is 9.69 Å². The lowest BCUT2D eigenvalue weighted by atomic mass is 10.1. The van der Waals surface area contributed by atoms with E-state index in [1.54, 1.807) is 18.2 Å². The summed E-state index contributed by atoms with van der Waals surface area (Å²) in [4.78, 5) is 13.2. The fourth-order valence-corrected chi connectivity index (χ4v) is 1.90. The number of nitrogens with zero attached hydrogens (tertiary/aromatic N) is 3. The number of carbonyl (C=O) groups excluding carboxylic acids is 1. The molecule has 92 valence electrons. The number of hydrogen-bond donors (Lipinski definition) is 0. The molecule has 3 heterocycles. The maximum Gasteiger partial charge on any atom is 0.325 e. The van der Waals surface area contributed by atoms with Crippen molar-refractivity contribution >= 4 is 11.9 Å². The molecule has 1 aliphatic heterocycles. The molecule has 1 amide bonds. The fraction of sp³-hybridized carbons (Fsp3) is 0.250. The highest BCUT2D eigenvalue weighted by molar-refractivity contribution is 5.93. The molecule has 0 spiro atoms. The van der Waals surface area contributed by atoms with Crippen molar-refractivity contribution in [1.82, 2.24) is 10.2 Å². The molecule has 1 unspecified atom stereocenters. The Kier molecular flexibility index (Phi) is 2.47. The number of aromatic nitrogens is 2. The highest BCUT2D eigenvalue weighted by Crippen LogP contribution is 2.27. The van der Waals surface area contributed by atoms with Gasteiger partial charge in [0, 0.05) is 18.9 Å². The quantitative estimate of drug-likeness (QED) is 0.772. The van der Waals surface area contributed by atoms with E-state index in [1.165, 1.54) is 11.2 Å². The van der Waals surface area contributed by atoms with Crippen molar-refractivity contribution in [3.8, 4) is 11.7 Å². The van der Waals surface area contributed by atoms with E-state index in [9.17, 15) is 4.79 Å². The van der Waals surface area contributed by atoms with Crippen LogP contribution in [0.5, 0.6) is 0 Å². The second-order valence-corrected chi connectivity index (χ2v) is 4.07. The van der Waals surface area contributed by atoms with Crippen molar-refractivity contribution in [2.24, 2.45) is 5.92 Å². The number of carbonyl (C=O) groups is 1. The van der Waals surface area contributed by atoms with Crippen molar-refractivity contribution in [1.29, 1.82) is 0 Å². The smallest absolute Gasteiger partial charge is 0.325 e. The highest BCUT2D eigenvalue weighted by atomic mass is 16.4. The summed E-state index contributed by atoms with van der Waals surface area (Å²) in [6, 6.07) is 3.65. The van der Waals surface area contributed by atoms with Crippen LogP contribution in [-0.2, 0) is 4.79 Å². The van der Waals surface area contributed by atoms with Crippen LogP contribution in [0.25, 0.3) is 11.7 Å². The molecule has 6 nitrogen and oxygen atoms in total. The van der Waals surface area contributed by atoms with Crippen LogP contribution in [-0.4, -0.2) is 22.6 Å². The molecule has 0 aliphatic carbocycles. The van der Waals surface area contributed by atoms with E-state index >= 15 is 0 Å². The van der Waals surface area contributed by atoms with Gasteiger partial charge in [-0.05, 0) is 12.1 Å². The molecule has 0 saturated carbocycles. The van der Waals surface area contributed by atoms with Gasteiger partial charge in [0.15, 0.2) is 5.76 Å². The van der Waals surface area contributed by atoms with Gasteiger partial charge in [-0.2, -0.15) is 0 Å². The summed E-state index contributed by atoms with van der Waals surface area (Å²) in [6.07, 6.45) is 3.72. The standard InChI is InChI=1S/C12H11N3O3/c1-2-8-6-10(16)15(7-8)12-14-13-11(18-12)9-4-3-5-17-9/h2-5,8H,1,6-7H2. The van der Waals surface area contributed by atoms with Crippen LogP contribution in [0, 0.1) is 5.92 Å². The van der Waals surface area contributed by atoms with E-state index in [0.717, 1.165) is 0 Å². The molecule has 0 radical (unpaired) electrons. The molecule has 2 aromatic rings. The molecule has 0 N–H and O–H groups in total. The average molecular weight is 245 g/mol. The molecule has 3 rings (SSSR count). The Hall–Kier alpha value is -2.37. The monoisotopic (exact) mass is 245 g/mol. The van der Waals surface area contributed by atoms with Gasteiger partial charge in [-0.15, -0.1) is 11.7 Å². The lowest BCUT2D eigenvalue weighted by Crippen LogP contribution is -2.24. The second-order valence-electron chi connectivity index (χ2n) is 4.07. The average Bonchev–Trinajstić information content (AvgIpc) is 3.08. The predicted octanol–water partition coefficient (Wildman–Crippen LogP) is 1.87. The normalized spacial score (nSPS) is 19.4. The number of amides is 1. The van der Waals surface area contributed by atoms with Crippen LogP contribution in [0.1, 0.15) is 6.42 Å². The van der Waals surface area contributed by atoms with Crippen molar-refractivity contribution in [2.75, 3.05) is 11.4 Å². The summed E-state index contributed by atoms with van der Waals surface area (Å²) in [7, 11) is 0. The van der Waals surface area contributed by atoms with Gasteiger partial charge in [-0.25, -0.2) is 0 Å². The zero-order valence-electron chi connectivity index (χ0n) is 9.57. The van der Waals surface area contributed by atoms with Crippen LogP contribution in [0.4, 0.5) is 6.01 Å². The fourth-order valence-electron chi connectivity index (χ4n) is 1.90. The Bertz CT molecular complexity index is 573. The number of hydrogen-bond acceptors (Lipinski definition) is 5. The van der Waals surface area contributed by atoms with Crippen molar-refractivity contribution in [2.45, 2.75) is 6.42 Å². The molecule has 1 saturated heterocycles. The third-order valence-corrected chi connectivity index (χ3v) is 2.87. The van der Waals surface area contributed by atoms with Gasteiger partial charge in [0.2, 0.25) is 5.91 Å². The number of rotatable bonds is 3. The van der Waals surface area contributed by atoms with Crippen LogP contribution < -0.4 is 4.90 Å². The van der Waals surface area contributed by atoms with Gasteiger partial charge < -0.3 is 8.83 Å². The summed E-state index contributed by atoms with van der Waals surface area (Å²) >= 11 is 0. The van der Waals surface area contributed by atoms with E-state index in [1.807, 2.05) is 0 Å². The number of furan rings is 1. The van der Waals surface area contributed by atoms with E-state index < -0.39 is 0 Å². The molecule has 18 heavy (non-hydrogen) atoms. The van der Waals surface area contributed by atoms with Gasteiger partial charge in [0.1, 0.15) is 0 Å². The zero-order valence-corrected chi connectivity index (χ0v) is 9.57. The first-order valence-corrected chi connectivity index (χ1v) is 5.58. The van der Waals surface area contributed by atoms with E-state index in [0.29, 0.717) is 18.7 Å². The predicted molar refractivity (Wildman–Crippen MR) is 62.7 cm³/mol. The molecule has 1 atom stereocenters. The minimum absolute atomic E-state index is 0.0328. The van der Waals surface area contributed by atoms with Crippen LogP contribution in [0.2, 0.25) is 0 Å². The lowest BCUT2D eigenvalue weighted by Gasteiger charge is -2.08.